The lowest BCUT2D eigenvalue weighted by Gasteiger charge is -2.36. The van der Waals surface area contributed by atoms with E-state index in [1.807, 2.05) is 36.0 Å². The highest BCUT2D eigenvalue weighted by atomic mass is 32.2. The number of nitrogens with one attached hydrogen (secondary N) is 1. The molecule has 1 aliphatic carbocycles. The zero-order valence-corrected chi connectivity index (χ0v) is 13.9. The molecular formula is C17H27NO2S. The molecule has 3 nitrogen and oxygen atoms in total. The summed E-state index contributed by atoms with van der Waals surface area (Å²) in [6.07, 6.45) is 8.38. The lowest BCUT2D eigenvalue weighted by molar-refractivity contribution is 0.172. The lowest BCUT2D eigenvalue weighted by atomic mass is 9.88. The van der Waals surface area contributed by atoms with E-state index >= 15 is 0 Å². The quantitative estimate of drug-likeness (QED) is 0.810. The fraction of sp³-hybridized carbons (Fsp3) is 0.647. The van der Waals surface area contributed by atoms with Gasteiger partial charge in [0.15, 0.2) is 0 Å². The van der Waals surface area contributed by atoms with Gasteiger partial charge in [-0.2, -0.15) is 11.8 Å². The fourth-order valence-electron chi connectivity index (χ4n) is 3.03. The number of rotatable bonds is 7. The summed E-state index contributed by atoms with van der Waals surface area (Å²) in [5.74, 6) is 0.822. The number of methoxy groups -OCH3 is 1. The van der Waals surface area contributed by atoms with Crippen molar-refractivity contribution >= 4 is 11.8 Å². The minimum Gasteiger partial charge on any atom is -0.497 e. The largest absolute Gasteiger partial charge is 0.497 e. The van der Waals surface area contributed by atoms with Gasteiger partial charge in [-0.15, -0.1) is 0 Å². The predicted octanol–water partition coefficient (Wildman–Crippen LogP) is 3.38. The Morgan fingerprint density at radius 2 is 1.90 bits per heavy atom. The van der Waals surface area contributed by atoms with Crippen molar-refractivity contribution in [3.63, 3.8) is 0 Å². The summed E-state index contributed by atoms with van der Waals surface area (Å²) in [4.78, 5) is 0. The maximum atomic E-state index is 10.3. The zero-order chi connectivity index (χ0) is 15.1. The second-order valence-electron chi connectivity index (χ2n) is 5.87. The molecular weight excluding hydrogens is 282 g/mol. The number of hydrogen-bond acceptors (Lipinski definition) is 4. The maximum absolute atomic E-state index is 10.3. The average Bonchev–Trinajstić information content (AvgIpc) is 2.55. The van der Waals surface area contributed by atoms with Crippen LogP contribution in [0.25, 0.3) is 0 Å². The molecule has 118 valence electrons. The maximum Gasteiger partial charge on any atom is 0.118 e. The van der Waals surface area contributed by atoms with Crippen molar-refractivity contribution in [3.05, 3.63) is 29.8 Å². The zero-order valence-electron chi connectivity index (χ0n) is 13.1. The van der Waals surface area contributed by atoms with Gasteiger partial charge in [-0.05, 0) is 36.8 Å². The van der Waals surface area contributed by atoms with Crippen LogP contribution >= 0.6 is 11.8 Å². The molecule has 1 unspecified atom stereocenters. The molecule has 1 fully saturated rings. The van der Waals surface area contributed by atoms with Crippen molar-refractivity contribution in [1.29, 1.82) is 0 Å². The molecule has 2 rings (SSSR count). The van der Waals surface area contributed by atoms with Gasteiger partial charge in [0.25, 0.3) is 0 Å². The van der Waals surface area contributed by atoms with Crippen molar-refractivity contribution in [3.8, 4) is 5.75 Å². The first-order valence-corrected chi connectivity index (χ1v) is 8.99. The Balaban J connectivity index is 1.81. The van der Waals surface area contributed by atoms with Crippen molar-refractivity contribution in [2.75, 3.05) is 26.5 Å². The van der Waals surface area contributed by atoms with Crippen LogP contribution in [0.4, 0.5) is 0 Å². The van der Waals surface area contributed by atoms with E-state index in [-0.39, 0.29) is 0 Å². The number of thioether (sulfide) groups is 1. The molecule has 1 aromatic rings. The molecule has 4 heteroatoms. The Morgan fingerprint density at radius 1 is 1.24 bits per heavy atom. The Morgan fingerprint density at radius 3 is 2.48 bits per heavy atom. The van der Waals surface area contributed by atoms with Gasteiger partial charge >= 0.3 is 0 Å². The molecule has 21 heavy (non-hydrogen) atoms. The number of ether oxygens (including phenoxy) is 1. The van der Waals surface area contributed by atoms with Gasteiger partial charge in [0.2, 0.25) is 0 Å². The van der Waals surface area contributed by atoms with Crippen molar-refractivity contribution in [1.82, 2.24) is 5.32 Å². The van der Waals surface area contributed by atoms with E-state index in [0.717, 1.165) is 17.9 Å². The van der Waals surface area contributed by atoms with E-state index in [1.54, 1.807) is 7.11 Å². The Kier molecular flexibility index (Phi) is 6.40. The minimum absolute atomic E-state index is 0.373. The second-order valence-corrected chi connectivity index (χ2v) is 7.14. The topological polar surface area (TPSA) is 41.5 Å². The molecule has 1 atom stereocenters. The number of aliphatic hydroxyl groups is 1. The Hall–Kier alpha value is -0.710. The van der Waals surface area contributed by atoms with E-state index in [9.17, 15) is 5.11 Å². The van der Waals surface area contributed by atoms with Crippen molar-refractivity contribution < 1.29 is 9.84 Å². The van der Waals surface area contributed by atoms with Gasteiger partial charge < -0.3 is 15.2 Å². The first kappa shape index (κ1) is 16.7. The lowest BCUT2D eigenvalue weighted by Crippen LogP contribution is -2.40. The van der Waals surface area contributed by atoms with Crippen LogP contribution in [0.15, 0.2) is 24.3 Å². The molecule has 0 amide bonds. The molecule has 1 saturated carbocycles. The summed E-state index contributed by atoms with van der Waals surface area (Å²) in [5.41, 5.74) is 0.935. The van der Waals surface area contributed by atoms with E-state index in [2.05, 4.69) is 11.6 Å². The monoisotopic (exact) mass is 309 g/mol. The summed E-state index contributed by atoms with van der Waals surface area (Å²) in [5, 5.41) is 13.7. The molecule has 0 saturated heterocycles. The first-order chi connectivity index (χ1) is 10.2. The van der Waals surface area contributed by atoms with Crippen LogP contribution in [0.1, 0.15) is 43.8 Å². The van der Waals surface area contributed by atoms with E-state index in [1.165, 1.54) is 32.1 Å². The first-order valence-electron chi connectivity index (χ1n) is 7.77. The molecule has 0 spiro atoms. The number of aliphatic hydroxyl groups excluding tert-OH is 1. The van der Waals surface area contributed by atoms with Gasteiger partial charge in [0, 0.05) is 17.8 Å². The van der Waals surface area contributed by atoms with Crippen LogP contribution in [-0.2, 0) is 0 Å². The van der Waals surface area contributed by atoms with E-state index in [0.29, 0.717) is 11.3 Å². The Labute approximate surface area is 132 Å². The summed E-state index contributed by atoms with van der Waals surface area (Å²) in [6, 6.07) is 7.64. The van der Waals surface area contributed by atoms with E-state index < -0.39 is 6.10 Å². The summed E-state index contributed by atoms with van der Waals surface area (Å²) in [7, 11) is 1.65. The SMILES string of the molecule is COc1ccc(C(O)CNCC2(SC)CCCCC2)cc1. The normalized spacial score (nSPS) is 19.2. The van der Waals surface area contributed by atoms with Crippen molar-refractivity contribution in [2.45, 2.75) is 43.0 Å². The van der Waals surface area contributed by atoms with Gasteiger partial charge in [-0.25, -0.2) is 0 Å². The summed E-state index contributed by atoms with van der Waals surface area (Å²) < 4.78 is 5.51. The standard InChI is InChI=1S/C17H27NO2S/c1-20-15-8-6-14(7-9-15)16(19)12-18-13-17(21-2)10-4-3-5-11-17/h6-9,16,18-19H,3-5,10-13H2,1-2H3. The third kappa shape index (κ3) is 4.63. The molecule has 1 aliphatic rings. The van der Waals surface area contributed by atoms with Crippen LogP contribution in [0, 0.1) is 0 Å². The van der Waals surface area contributed by atoms with Crippen LogP contribution in [0.3, 0.4) is 0 Å². The van der Waals surface area contributed by atoms with Crippen LogP contribution in [0.5, 0.6) is 5.75 Å². The highest BCUT2D eigenvalue weighted by molar-refractivity contribution is 8.00. The molecule has 0 bridgehead atoms. The smallest absolute Gasteiger partial charge is 0.118 e. The molecule has 0 heterocycles. The van der Waals surface area contributed by atoms with Crippen molar-refractivity contribution in [2.24, 2.45) is 0 Å². The molecule has 2 N–H and O–H groups in total. The third-order valence-electron chi connectivity index (χ3n) is 4.48. The van der Waals surface area contributed by atoms with Gasteiger partial charge in [0.1, 0.15) is 5.75 Å². The highest BCUT2D eigenvalue weighted by Gasteiger charge is 2.30. The van der Waals surface area contributed by atoms with Gasteiger partial charge in [0.05, 0.1) is 13.2 Å². The van der Waals surface area contributed by atoms with Crippen LogP contribution < -0.4 is 10.1 Å². The van der Waals surface area contributed by atoms with Gasteiger partial charge in [-0.1, -0.05) is 31.4 Å². The molecule has 0 aliphatic heterocycles. The summed E-state index contributed by atoms with van der Waals surface area (Å²) in [6.45, 7) is 1.59. The number of benzene rings is 1. The predicted molar refractivity (Wildman–Crippen MR) is 90.2 cm³/mol. The minimum atomic E-state index is -0.460. The second kappa shape index (κ2) is 8.06. The van der Waals surface area contributed by atoms with Gasteiger partial charge in [-0.3, -0.25) is 0 Å². The highest BCUT2D eigenvalue weighted by Crippen LogP contribution is 2.38. The average molecular weight is 309 g/mol. The Bertz CT molecular complexity index is 415. The molecule has 0 aromatic heterocycles. The molecule has 0 radical (unpaired) electrons. The molecule has 1 aromatic carbocycles. The van der Waals surface area contributed by atoms with Crippen LogP contribution in [-0.4, -0.2) is 36.3 Å². The van der Waals surface area contributed by atoms with Crippen LogP contribution in [0.2, 0.25) is 0 Å². The fourth-order valence-corrected chi connectivity index (χ4v) is 3.97. The number of hydrogen-bond donors (Lipinski definition) is 2. The third-order valence-corrected chi connectivity index (χ3v) is 5.90. The van der Waals surface area contributed by atoms with E-state index in [4.69, 9.17) is 4.74 Å². The summed E-state index contributed by atoms with van der Waals surface area (Å²) >= 11 is 1.98.